The molecule has 0 unspecified atom stereocenters. The zero-order chi connectivity index (χ0) is 9.40. The van der Waals surface area contributed by atoms with Gasteiger partial charge in [0, 0.05) is 6.08 Å². The minimum Gasteiger partial charge on any atom is -0.463 e. The zero-order valence-corrected chi connectivity index (χ0v) is 7.24. The van der Waals surface area contributed by atoms with Gasteiger partial charge in [0.25, 0.3) is 0 Å². The normalized spacial score (nSPS) is 11.7. The van der Waals surface area contributed by atoms with Gasteiger partial charge < -0.3 is 4.74 Å². The summed E-state index contributed by atoms with van der Waals surface area (Å²) in [6.07, 6.45) is 4.86. The fourth-order valence-electron chi connectivity index (χ4n) is 0.609. The number of hydrogen-bond acceptors (Lipinski definition) is 3. The Bertz CT molecular complexity index is 214. The Labute approximate surface area is 71.7 Å². The van der Waals surface area contributed by atoms with Crippen LogP contribution in [0.2, 0.25) is 0 Å². The molecule has 3 heteroatoms. The van der Waals surface area contributed by atoms with Gasteiger partial charge in [-0.1, -0.05) is 6.08 Å². The van der Waals surface area contributed by atoms with Crippen LogP contribution in [-0.4, -0.2) is 18.9 Å². The lowest BCUT2D eigenvalue weighted by molar-refractivity contribution is -0.137. The largest absolute Gasteiger partial charge is 0.463 e. The van der Waals surface area contributed by atoms with Gasteiger partial charge in [-0.2, -0.15) is 0 Å². The van der Waals surface area contributed by atoms with E-state index in [9.17, 15) is 9.59 Å². The highest BCUT2D eigenvalue weighted by atomic mass is 16.5. The average Bonchev–Trinajstić information content (AvgIpc) is 2.01. The number of rotatable bonds is 4. The smallest absolute Gasteiger partial charge is 0.330 e. The van der Waals surface area contributed by atoms with Crippen molar-refractivity contribution in [3.8, 4) is 0 Å². The maximum absolute atomic E-state index is 10.8. The minimum atomic E-state index is -0.384. The van der Waals surface area contributed by atoms with Gasteiger partial charge in [0.05, 0.1) is 6.61 Å². The molecule has 0 amide bonds. The van der Waals surface area contributed by atoms with E-state index in [1.807, 2.05) is 0 Å². The molecule has 12 heavy (non-hydrogen) atoms. The number of aldehydes is 1. The summed E-state index contributed by atoms with van der Waals surface area (Å²) in [5, 5.41) is 0. The van der Waals surface area contributed by atoms with Gasteiger partial charge in [-0.3, -0.25) is 4.79 Å². The highest BCUT2D eigenvalue weighted by Crippen LogP contribution is 1.94. The van der Waals surface area contributed by atoms with Crippen molar-refractivity contribution >= 4 is 12.3 Å². The molecule has 0 aliphatic rings. The van der Waals surface area contributed by atoms with Crippen molar-refractivity contribution in [2.45, 2.75) is 13.8 Å². The van der Waals surface area contributed by atoms with E-state index >= 15 is 0 Å². The molecule has 0 N–H and O–H groups in total. The molecule has 0 rings (SSSR count). The highest BCUT2D eigenvalue weighted by Gasteiger charge is 1.94. The fraction of sp³-hybridized carbons (Fsp3) is 0.333. The summed E-state index contributed by atoms with van der Waals surface area (Å²) >= 11 is 0. The molecule has 0 fully saturated rings. The molecule has 0 heterocycles. The third kappa shape index (κ3) is 5.41. The Kier molecular flexibility index (Phi) is 5.61. The predicted octanol–water partition coefficient (Wildman–Crippen LogP) is 1.25. The monoisotopic (exact) mass is 168 g/mol. The summed E-state index contributed by atoms with van der Waals surface area (Å²) in [6, 6.07) is 0. The first-order valence-corrected chi connectivity index (χ1v) is 3.67. The Morgan fingerprint density at radius 3 is 2.67 bits per heavy atom. The lowest BCUT2D eigenvalue weighted by atomic mass is 10.2. The lowest BCUT2D eigenvalue weighted by Gasteiger charge is -1.95. The Balaban J connectivity index is 4.05. The molecule has 3 nitrogen and oxygen atoms in total. The Morgan fingerprint density at radius 2 is 2.17 bits per heavy atom. The van der Waals surface area contributed by atoms with Crippen LogP contribution in [-0.2, 0) is 14.3 Å². The van der Waals surface area contributed by atoms with E-state index in [4.69, 9.17) is 0 Å². The fourth-order valence-corrected chi connectivity index (χ4v) is 0.609. The molecule has 0 radical (unpaired) electrons. The molecule has 0 saturated carbocycles. The van der Waals surface area contributed by atoms with Crippen molar-refractivity contribution in [3.05, 3.63) is 23.8 Å². The van der Waals surface area contributed by atoms with E-state index in [1.54, 1.807) is 19.9 Å². The molecule has 0 aromatic rings. The first-order valence-electron chi connectivity index (χ1n) is 3.67. The van der Waals surface area contributed by atoms with Crippen LogP contribution in [0.15, 0.2) is 23.8 Å². The molecule has 0 aromatic carbocycles. The number of allylic oxidation sites excluding steroid dienone is 3. The Hall–Kier alpha value is -1.38. The first-order chi connectivity index (χ1) is 5.70. The van der Waals surface area contributed by atoms with E-state index in [0.717, 1.165) is 0 Å². The molecular formula is C9H12O3. The number of esters is 1. The number of hydrogen-bond donors (Lipinski definition) is 0. The van der Waals surface area contributed by atoms with E-state index in [-0.39, 0.29) is 5.97 Å². The quantitative estimate of drug-likeness (QED) is 0.274. The molecule has 0 aromatic heterocycles. The second kappa shape index (κ2) is 6.34. The summed E-state index contributed by atoms with van der Waals surface area (Å²) in [5.74, 6) is -0.384. The minimum absolute atomic E-state index is 0.361. The Morgan fingerprint density at radius 1 is 1.50 bits per heavy atom. The molecule has 0 bridgehead atoms. The van der Waals surface area contributed by atoms with Crippen molar-refractivity contribution in [3.63, 3.8) is 0 Å². The molecule has 0 atom stereocenters. The van der Waals surface area contributed by atoms with Gasteiger partial charge >= 0.3 is 5.97 Å². The van der Waals surface area contributed by atoms with Crippen LogP contribution in [0.1, 0.15) is 13.8 Å². The maximum atomic E-state index is 10.8. The summed E-state index contributed by atoms with van der Waals surface area (Å²) < 4.78 is 4.65. The van der Waals surface area contributed by atoms with E-state index < -0.39 is 0 Å². The van der Waals surface area contributed by atoms with E-state index in [1.165, 1.54) is 12.2 Å². The van der Waals surface area contributed by atoms with Crippen molar-refractivity contribution in [2.75, 3.05) is 6.61 Å². The molecule has 66 valence electrons. The topological polar surface area (TPSA) is 43.4 Å². The lowest BCUT2D eigenvalue weighted by Crippen LogP contribution is -1.99. The average molecular weight is 168 g/mol. The second-order valence-corrected chi connectivity index (χ2v) is 2.14. The first kappa shape index (κ1) is 10.6. The summed E-state index contributed by atoms with van der Waals surface area (Å²) in [5.41, 5.74) is 0.695. The SMILES string of the molecule is CCOC(=O)/C=C(C)/C=C/C=O. The van der Waals surface area contributed by atoms with Gasteiger partial charge in [-0.15, -0.1) is 0 Å². The third-order valence-corrected chi connectivity index (χ3v) is 1.07. The van der Waals surface area contributed by atoms with Crippen LogP contribution in [0, 0.1) is 0 Å². The standard InChI is InChI=1S/C9H12O3/c1-3-12-9(11)7-8(2)5-4-6-10/h4-7H,3H2,1-2H3/b5-4+,8-7+. The number of carbonyl (C=O) groups excluding carboxylic acids is 2. The molecule has 0 saturated heterocycles. The molecule has 0 spiro atoms. The van der Waals surface area contributed by atoms with Gasteiger partial charge in [0.15, 0.2) is 0 Å². The third-order valence-electron chi connectivity index (χ3n) is 1.07. The maximum Gasteiger partial charge on any atom is 0.330 e. The van der Waals surface area contributed by atoms with Crippen LogP contribution in [0.5, 0.6) is 0 Å². The van der Waals surface area contributed by atoms with Crippen molar-refractivity contribution in [2.24, 2.45) is 0 Å². The van der Waals surface area contributed by atoms with Crippen LogP contribution < -0.4 is 0 Å². The van der Waals surface area contributed by atoms with Gasteiger partial charge in [-0.05, 0) is 25.5 Å². The van der Waals surface area contributed by atoms with Crippen molar-refractivity contribution in [1.29, 1.82) is 0 Å². The van der Waals surface area contributed by atoms with Crippen molar-refractivity contribution < 1.29 is 14.3 Å². The van der Waals surface area contributed by atoms with Gasteiger partial charge in [0.2, 0.25) is 0 Å². The molecule has 0 aliphatic carbocycles. The molecule has 0 aliphatic heterocycles. The zero-order valence-electron chi connectivity index (χ0n) is 7.24. The summed E-state index contributed by atoms with van der Waals surface area (Å²) in [4.78, 5) is 20.7. The van der Waals surface area contributed by atoms with Gasteiger partial charge in [0.1, 0.15) is 6.29 Å². The van der Waals surface area contributed by atoms with E-state index in [0.29, 0.717) is 18.5 Å². The highest BCUT2D eigenvalue weighted by molar-refractivity contribution is 5.83. The van der Waals surface area contributed by atoms with Crippen LogP contribution in [0.3, 0.4) is 0 Å². The predicted molar refractivity (Wildman–Crippen MR) is 45.6 cm³/mol. The second-order valence-electron chi connectivity index (χ2n) is 2.14. The van der Waals surface area contributed by atoms with Crippen LogP contribution >= 0.6 is 0 Å². The number of ether oxygens (including phenoxy) is 1. The van der Waals surface area contributed by atoms with Gasteiger partial charge in [-0.25, -0.2) is 4.79 Å². The summed E-state index contributed by atoms with van der Waals surface area (Å²) in [7, 11) is 0. The summed E-state index contributed by atoms with van der Waals surface area (Å²) in [6.45, 7) is 3.82. The molecular weight excluding hydrogens is 156 g/mol. The number of carbonyl (C=O) groups is 2. The van der Waals surface area contributed by atoms with E-state index in [2.05, 4.69) is 4.74 Å². The van der Waals surface area contributed by atoms with Crippen LogP contribution in [0.4, 0.5) is 0 Å². The van der Waals surface area contributed by atoms with Crippen LogP contribution in [0.25, 0.3) is 0 Å². The van der Waals surface area contributed by atoms with Crippen molar-refractivity contribution in [1.82, 2.24) is 0 Å².